The van der Waals surface area contributed by atoms with Gasteiger partial charge in [0.25, 0.3) is 0 Å². The summed E-state index contributed by atoms with van der Waals surface area (Å²) in [6.07, 6.45) is 1.96. The number of rotatable bonds is 3. The van der Waals surface area contributed by atoms with Crippen LogP contribution in [0, 0.1) is 6.92 Å². The van der Waals surface area contributed by atoms with Crippen LogP contribution in [-0.2, 0) is 12.9 Å². The van der Waals surface area contributed by atoms with Gasteiger partial charge in [0.05, 0.1) is 17.3 Å². The number of alkyl halides is 1. The molecule has 0 aromatic carbocycles. The van der Waals surface area contributed by atoms with Gasteiger partial charge in [-0.2, -0.15) is 10.2 Å². The number of halogens is 1. The zero-order valence-electron chi connectivity index (χ0n) is 10.6. The average molecular weight is 253 g/mol. The topological polar surface area (TPSA) is 35.6 Å². The van der Waals surface area contributed by atoms with Crippen molar-refractivity contribution in [2.24, 2.45) is 7.05 Å². The molecular weight excluding hydrogens is 236 g/mol. The Hall–Kier alpha value is -1.29. The van der Waals surface area contributed by atoms with Crippen LogP contribution in [0.25, 0.3) is 5.82 Å². The molecule has 0 aliphatic rings. The standard InChI is InChI=1S/C12H17ClN4/c1-8(2)11-5-6-17(15-11)12-10(7-13)9(3)14-16(12)4/h5-6,8H,7H2,1-4H3. The van der Waals surface area contributed by atoms with E-state index in [0.717, 1.165) is 22.8 Å². The minimum atomic E-state index is 0.421. The largest absolute Gasteiger partial charge is 0.250 e. The van der Waals surface area contributed by atoms with E-state index in [-0.39, 0.29) is 0 Å². The maximum Gasteiger partial charge on any atom is 0.156 e. The van der Waals surface area contributed by atoms with Crippen molar-refractivity contribution in [3.63, 3.8) is 0 Å². The molecular formula is C12H17ClN4. The molecule has 17 heavy (non-hydrogen) atoms. The first-order valence-corrected chi connectivity index (χ1v) is 6.22. The van der Waals surface area contributed by atoms with Gasteiger partial charge in [-0.3, -0.25) is 4.68 Å². The molecule has 0 radical (unpaired) electrons. The molecule has 2 aromatic heterocycles. The second-order valence-electron chi connectivity index (χ2n) is 4.48. The maximum atomic E-state index is 5.98. The summed E-state index contributed by atoms with van der Waals surface area (Å²) in [6, 6.07) is 2.03. The molecule has 2 rings (SSSR count). The normalized spacial score (nSPS) is 11.4. The molecule has 4 nitrogen and oxygen atoms in total. The van der Waals surface area contributed by atoms with Gasteiger partial charge < -0.3 is 0 Å². The monoisotopic (exact) mass is 252 g/mol. The molecule has 0 saturated heterocycles. The van der Waals surface area contributed by atoms with E-state index < -0.39 is 0 Å². The van der Waals surface area contributed by atoms with Gasteiger partial charge >= 0.3 is 0 Å². The zero-order valence-corrected chi connectivity index (χ0v) is 11.4. The van der Waals surface area contributed by atoms with Crippen molar-refractivity contribution in [2.45, 2.75) is 32.6 Å². The lowest BCUT2D eigenvalue weighted by molar-refractivity contribution is 0.678. The fourth-order valence-corrected chi connectivity index (χ4v) is 2.21. The van der Waals surface area contributed by atoms with Crippen molar-refractivity contribution in [1.82, 2.24) is 19.6 Å². The Labute approximate surface area is 106 Å². The van der Waals surface area contributed by atoms with Crippen molar-refractivity contribution >= 4 is 11.6 Å². The molecule has 0 amide bonds. The predicted octanol–water partition coefficient (Wildman–Crippen LogP) is 2.78. The van der Waals surface area contributed by atoms with Crippen LogP contribution in [0.3, 0.4) is 0 Å². The van der Waals surface area contributed by atoms with Crippen LogP contribution >= 0.6 is 11.6 Å². The van der Waals surface area contributed by atoms with Crippen molar-refractivity contribution < 1.29 is 0 Å². The van der Waals surface area contributed by atoms with Crippen LogP contribution < -0.4 is 0 Å². The Kier molecular flexibility index (Phi) is 3.24. The Morgan fingerprint density at radius 2 is 2.06 bits per heavy atom. The Balaban J connectivity index is 2.52. The molecule has 0 aliphatic heterocycles. The average Bonchev–Trinajstić information content (AvgIpc) is 2.82. The highest BCUT2D eigenvalue weighted by Gasteiger charge is 2.15. The van der Waals surface area contributed by atoms with E-state index in [1.54, 1.807) is 0 Å². The second-order valence-corrected chi connectivity index (χ2v) is 4.75. The van der Waals surface area contributed by atoms with E-state index in [1.165, 1.54) is 0 Å². The predicted molar refractivity (Wildman–Crippen MR) is 68.7 cm³/mol. The molecule has 0 N–H and O–H groups in total. The summed E-state index contributed by atoms with van der Waals surface area (Å²) >= 11 is 5.98. The van der Waals surface area contributed by atoms with Gasteiger partial charge in [0, 0.05) is 18.8 Å². The first-order chi connectivity index (χ1) is 8.04. The van der Waals surface area contributed by atoms with E-state index in [9.17, 15) is 0 Å². The second kappa shape index (κ2) is 4.53. The van der Waals surface area contributed by atoms with Crippen LogP contribution in [0.5, 0.6) is 0 Å². The Bertz CT molecular complexity index is 525. The molecule has 92 valence electrons. The molecule has 0 saturated carbocycles. The van der Waals surface area contributed by atoms with Crippen LogP contribution in [0.2, 0.25) is 0 Å². The quantitative estimate of drug-likeness (QED) is 0.788. The van der Waals surface area contributed by atoms with E-state index >= 15 is 0 Å². The Morgan fingerprint density at radius 3 is 2.59 bits per heavy atom. The first kappa shape index (κ1) is 12.2. The number of nitrogens with zero attached hydrogens (tertiary/aromatic N) is 4. The number of aryl methyl sites for hydroxylation is 2. The lowest BCUT2D eigenvalue weighted by atomic mass is 10.1. The summed E-state index contributed by atoms with van der Waals surface area (Å²) in [5, 5.41) is 8.94. The summed E-state index contributed by atoms with van der Waals surface area (Å²) in [5.74, 6) is 1.82. The molecule has 0 bridgehead atoms. The van der Waals surface area contributed by atoms with Crippen LogP contribution in [-0.4, -0.2) is 19.6 Å². The van der Waals surface area contributed by atoms with Crippen LogP contribution in [0.1, 0.15) is 36.7 Å². The van der Waals surface area contributed by atoms with Gasteiger partial charge in [0.1, 0.15) is 0 Å². The number of hydrogen-bond acceptors (Lipinski definition) is 2. The fourth-order valence-electron chi connectivity index (χ4n) is 1.90. The highest BCUT2D eigenvalue weighted by molar-refractivity contribution is 6.17. The van der Waals surface area contributed by atoms with E-state index in [4.69, 9.17) is 11.6 Å². The third-order valence-corrected chi connectivity index (χ3v) is 3.13. The van der Waals surface area contributed by atoms with E-state index in [0.29, 0.717) is 11.8 Å². The summed E-state index contributed by atoms with van der Waals surface area (Å²) in [5.41, 5.74) is 3.07. The third kappa shape index (κ3) is 2.09. The molecule has 2 heterocycles. The minimum absolute atomic E-state index is 0.421. The van der Waals surface area contributed by atoms with Gasteiger partial charge in [0.15, 0.2) is 5.82 Å². The van der Waals surface area contributed by atoms with Gasteiger partial charge in [-0.05, 0) is 18.9 Å². The highest BCUT2D eigenvalue weighted by Crippen LogP contribution is 2.20. The van der Waals surface area contributed by atoms with Gasteiger partial charge in [0.2, 0.25) is 0 Å². The van der Waals surface area contributed by atoms with Gasteiger partial charge in [-0.1, -0.05) is 13.8 Å². The molecule has 0 atom stereocenters. The van der Waals surface area contributed by atoms with E-state index in [1.807, 2.05) is 35.6 Å². The van der Waals surface area contributed by atoms with Crippen LogP contribution in [0.15, 0.2) is 12.3 Å². The highest BCUT2D eigenvalue weighted by atomic mass is 35.5. The molecule has 0 spiro atoms. The van der Waals surface area contributed by atoms with Crippen molar-refractivity contribution in [3.8, 4) is 5.82 Å². The van der Waals surface area contributed by atoms with Crippen molar-refractivity contribution in [1.29, 1.82) is 0 Å². The third-order valence-electron chi connectivity index (χ3n) is 2.87. The summed E-state index contributed by atoms with van der Waals surface area (Å²) in [4.78, 5) is 0. The van der Waals surface area contributed by atoms with Crippen molar-refractivity contribution in [2.75, 3.05) is 0 Å². The number of aromatic nitrogens is 4. The lowest BCUT2D eigenvalue weighted by Gasteiger charge is -2.05. The summed E-state index contributed by atoms with van der Waals surface area (Å²) < 4.78 is 3.68. The molecule has 0 unspecified atom stereocenters. The minimum Gasteiger partial charge on any atom is -0.250 e. The molecule has 0 fully saturated rings. The smallest absolute Gasteiger partial charge is 0.156 e. The van der Waals surface area contributed by atoms with Crippen LogP contribution in [0.4, 0.5) is 0 Å². The fraction of sp³-hybridized carbons (Fsp3) is 0.500. The van der Waals surface area contributed by atoms with Gasteiger partial charge in [-0.15, -0.1) is 11.6 Å². The Morgan fingerprint density at radius 1 is 1.35 bits per heavy atom. The zero-order chi connectivity index (χ0) is 12.6. The molecule has 5 heteroatoms. The lowest BCUT2D eigenvalue weighted by Crippen LogP contribution is -2.06. The van der Waals surface area contributed by atoms with E-state index in [2.05, 4.69) is 24.0 Å². The SMILES string of the molecule is Cc1nn(C)c(-n2ccc(C(C)C)n2)c1CCl. The summed E-state index contributed by atoms with van der Waals surface area (Å²) in [6.45, 7) is 6.22. The molecule has 0 aliphatic carbocycles. The first-order valence-electron chi connectivity index (χ1n) is 5.69. The van der Waals surface area contributed by atoms with Gasteiger partial charge in [-0.25, -0.2) is 4.68 Å². The molecule has 2 aromatic rings. The van der Waals surface area contributed by atoms with Crippen molar-refractivity contribution in [3.05, 3.63) is 29.2 Å². The summed E-state index contributed by atoms with van der Waals surface area (Å²) in [7, 11) is 1.91. The number of hydrogen-bond donors (Lipinski definition) is 0. The maximum absolute atomic E-state index is 5.98.